The summed E-state index contributed by atoms with van der Waals surface area (Å²) in [4.78, 5) is 14.4. The molecule has 0 bridgehead atoms. The van der Waals surface area contributed by atoms with Crippen molar-refractivity contribution in [3.63, 3.8) is 0 Å². The Balaban J connectivity index is 2.00. The molecule has 1 aromatic rings. The first-order valence-electron chi connectivity index (χ1n) is 7.24. The van der Waals surface area contributed by atoms with E-state index in [9.17, 15) is 4.79 Å². The Labute approximate surface area is 125 Å². The van der Waals surface area contributed by atoms with E-state index in [1.165, 1.54) is 0 Å². The number of hydrogen-bond acceptors (Lipinski definition) is 2. The molecule has 4 nitrogen and oxygen atoms in total. The number of anilines is 1. The van der Waals surface area contributed by atoms with Crippen molar-refractivity contribution in [2.24, 2.45) is 0 Å². The molecule has 1 aliphatic heterocycles. The highest BCUT2D eigenvalue weighted by Crippen LogP contribution is 2.17. The molecule has 2 amide bonds. The number of piperidine rings is 1. The van der Waals surface area contributed by atoms with Crippen LogP contribution in [0, 0.1) is 0 Å². The zero-order chi connectivity index (χ0) is 14.4. The molecule has 5 heteroatoms. The molecular formula is C15H22ClN3O. The van der Waals surface area contributed by atoms with Gasteiger partial charge in [0.05, 0.1) is 0 Å². The maximum absolute atomic E-state index is 12.4. The van der Waals surface area contributed by atoms with Gasteiger partial charge in [0.25, 0.3) is 0 Å². The summed E-state index contributed by atoms with van der Waals surface area (Å²) >= 11 is 5.85. The highest BCUT2D eigenvalue weighted by Gasteiger charge is 2.24. The monoisotopic (exact) mass is 295 g/mol. The van der Waals surface area contributed by atoms with E-state index in [2.05, 4.69) is 17.6 Å². The molecular weight excluding hydrogens is 274 g/mol. The van der Waals surface area contributed by atoms with Crippen LogP contribution in [0.2, 0.25) is 5.02 Å². The van der Waals surface area contributed by atoms with Gasteiger partial charge in [0, 0.05) is 23.3 Å². The Morgan fingerprint density at radius 2 is 2.00 bits per heavy atom. The van der Waals surface area contributed by atoms with Gasteiger partial charge in [-0.3, -0.25) is 0 Å². The topological polar surface area (TPSA) is 44.4 Å². The molecule has 0 aliphatic carbocycles. The molecule has 2 rings (SSSR count). The van der Waals surface area contributed by atoms with Gasteiger partial charge >= 0.3 is 6.03 Å². The summed E-state index contributed by atoms with van der Waals surface area (Å²) in [6.45, 7) is 4.87. The van der Waals surface area contributed by atoms with Gasteiger partial charge in [-0.1, -0.05) is 18.5 Å². The lowest BCUT2D eigenvalue weighted by molar-refractivity contribution is 0.171. The van der Waals surface area contributed by atoms with Crippen molar-refractivity contribution in [3.8, 4) is 0 Å². The summed E-state index contributed by atoms with van der Waals surface area (Å²) < 4.78 is 0. The van der Waals surface area contributed by atoms with Gasteiger partial charge in [-0.2, -0.15) is 0 Å². The zero-order valence-electron chi connectivity index (χ0n) is 11.9. The van der Waals surface area contributed by atoms with Crippen molar-refractivity contribution in [2.45, 2.75) is 32.2 Å². The Morgan fingerprint density at radius 3 is 2.60 bits per heavy atom. The highest BCUT2D eigenvalue weighted by molar-refractivity contribution is 6.30. The summed E-state index contributed by atoms with van der Waals surface area (Å²) in [5, 5.41) is 6.97. The molecule has 1 aromatic carbocycles. The summed E-state index contributed by atoms with van der Waals surface area (Å²) in [6.07, 6.45) is 3.01. The van der Waals surface area contributed by atoms with Gasteiger partial charge in [-0.25, -0.2) is 4.79 Å². The van der Waals surface area contributed by atoms with E-state index in [1.807, 2.05) is 17.0 Å². The SMILES string of the molecule is CCCN(C(=O)Nc1ccc(Cl)cc1)C1CCNCC1. The first-order valence-corrected chi connectivity index (χ1v) is 7.62. The van der Waals surface area contributed by atoms with Crippen LogP contribution < -0.4 is 10.6 Å². The minimum absolute atomic E-state index is 0.0129. The summed E-state index contributed by atoms with van der Waals surface area (Å²) in [7, 11) is 0. The van der Waals surface area contributed by atoms with Gasteiger partial charge in [-0.15, -0.1) is 0 Å². The molecule has 2 N–H and O–H groups in total. The maximum Gasteiger partial charge on any atom is 0.322 e. The second kappa shape index (κ2) is 7.50. The molecule has 0 radical (unpaired) electrons. The second-order valence-electron chi connectivity index (χ2n) is 5.11. The van der Waals surface area contributed by atoms with Gasteiger partial charge in [0.2, 0.25) is 0 Å². The van der Waals surface area contributed by atoms with E-state index < -0.39 is 0 Å². The van der Waals surface area contributed by atoms with Crippen LogP contribution in [-0.2, 0) is 0 Å². The Morgan fingerprint density at radius 1 is 1.35 bits per heavy atom. The predicted octanol–water partition coefficient (Wildman–Crippen LogP) is 3.34. The fraction of sp³-hybridized carbons (Fsp3) is 0.533. The number of carbonyl (C=O) groups is 1. The molecule has 0 atom stereocenters. The lowest BCUT2D eigenvalue weighted by Crippen LogP contribution is -2.48. The largest absolute Gasteiger partial charge is 0.322 e. The van der Waals surface area contributed by atoms with E-state index in [0.29, 0.717) is 11.1 Å². The number of amides is 2. The summed E-state index contributed by atoms with van der Waals surface area (Å²) in [5.41, 5.74) is 0.787. The lowest BCUT2D eigenvalue weighted by atomic mass is 10.0. The fourth-order valence-corrected chi connectivity index (χ4v) is 2.66. The Kier molecular flexibility index (Phi) is 5.68. The van der Waals surface area contributed by atoms with Crippen LogP contribution in [0.5, 0.6) is 0 Å². The average Bonchev–Trinajstić information content (AvgIpc) is 2.48. The minimum Gasteiger partial charge on any atom is -0.321 e. The molecule has 1 fully saturated rings. The van der Waals surface area contributed by atoms with Crippen LogP contribution in [0.15, 0.2) is 24.3 Å². The number of hydrogen-bond donors (Lipinski definition) is 2. The third kappa shape index (κ3) is 4.12. The second-order valence-corrected chi connectivity index (χ2v) is 5.55. The van der Waals surface area contributed by atoms with Crippen molar-refractivity contribution in [3.05, 3.63) is 29.3 Å². The Hall–Kier alpha value is -1.26. The van der Waals surface area contributed by atoms with E-state index in [4.69, 9.17) is 11.6 Å². The maximum atomic E-state index is 12.4. The number of nitrogens with zero attached hydrogens (tertiary/aromatic N) is 1. The molecule has 0 unspecified atom stereocenters. The third-order valence-corrected chi connectivity index (χ3v) is 3.82. The molecule has 1 heterocycles. The lowest BCUT2D eigenvalue weighted by Gasteiger charge is -2.34. The van der Waals surface area contributed by atoms with E-state index >= 15 is 0 Å². The van der Waals surface area contributed by atoms with Crippen LogP contribution >= 0.6 is 11.6 Å². The highest BCUT2D eigenvalue weighted by atomic mass is 35.5. The van der Waals surface area contributed by atoms with Gasteiger partial charge in [0.15, 0.2) is 0 Å². The molecule has 20 heavy (non-hydrogen) atoms. The fourth-order valence-electron chi connectivity index (χ4n) is 2.54. The van der Waals surface area contributed by atoms with Crippen LogP contribution in [-0.4, -0.2) is 36.6 Å². The van der Waals surface area contributed by atoms with Crippen molar-refractivity contribution in [1.82, 2.24) is 10.2 Å². The van der Waals surface area contributed by atoms with Gasteiger partial charge in [0.1, 0.15) is 0 Å². The van der Waals surface area contributed by atoms with Crippen LogP contribution in [0.1, 0.15) is 26.2 Å². The number of benzene rings is 1. The van der Waals surface area contributed by atoms with Crippen molar-refractivity contribution >= 4 is 23.3 Å². The molecule has 1 saturated heterocycles. The van der Waals surface area contributed by atoms with Crippen LogP contribution in [0.4, 0.5) is 10.5 Å². The number of nitrogens with one attached hydrogen (secondary N) is 2. The van der Waals surface area contributed by atoms with Crippen molar-refractivity contribution in [1.29, 1.82) is 0 Å². The first-order chi connectivity index (χ1) is 9.70. The third-order valence-electron chi connectivity index (χ3n) is 3.57. The van der Waals surface area contributed by atoms with Crippen LogP contribution in [0.25, 0.3) is 0 Å². The average molecular weight is 296 g/mol. The molecule has 1 aliphatic rings. The van der Waals surface area contributed by atoms with E-state index in [1.54, 1.807) is 12.1 Å². The molecule has 0 spiro atoms. The smallest absolute Gasteiger partial charge is 0.321 e. The normalized spacial score (nSPS) is 15.9. The van der Waals surface area contributed by atoms with Crippen LogP contribution in [0.3, 0.4) is 0 Å². The quantitative estimate of drug-likeness (QED) is 0.895. The summed E-state index contributed by atoms with van der Waals surface area (Å²) in [6, 6.07) is 7.54. The minimum atomic E-state index is -0.0129. The number of carbonyl (C=O) groups excluding carboxylic acids is 1. The van der Waals surface area contributed by atoms with Gasteiger partial charge in [-0.05, 0) is 56.6 Å². The molecule has 0 aromatic heterocycles. The van der Waals surface area contributed by atoms with E-state index in [-0.39, 0.29) is 6.03 Å². The molecule has 0 saturated carbocycles. The predicted molar refractivity (Wildman–Crippen MR) is 83.4 cm³/mol. The standard InChI is InChI=1S/C15H22ClN3O/c1-2-11-19(14-7-9-17-10-8-14)15(20)18-13-5-3-12(16)4-6-13/h3-6,14,17H,2,7-11H2,1H3,(H,18,20). The van der Waals surface area contributed by atoms with E-state index in [0.717, 1.165) is 44.6 Å². The number of urea groups is 1. The summed E-state index contributed by atoms with van der Waals surface area (Å²) in [5.74, 6) is 0. The molecule has 110 valence electrons. The zero-order valence-corrected chi connectivity index (χ0v) is 12.6. The van der Waals surface area contributed by atoms with Gasteiger partial charge < -0.3 is 15.5 Å². The Bertz CT molecular complexity index is 429. The van der Waals surface area contributed by atoms with Crippen molar-refractivity contribution < 1.29 is 4.79 Å². The number of rotatable bonds is 4. The number of halogens is 1. The first kappa shape index (κ1) is 15.1. The van der Waals surface area contributed by atoms with Crippen molar-refractivity contribution in [2.75, 3.05) is 25.0 Å².